The highest BCUT2D eigenvalue weighted by atomic mass is 33.1. The second-order valence-electron chi connectivity index (χ2n) is 4.10. The van der Waals surface area contributed by atoms with Crippen LogP contribution in [-0.2, 0) is 8.87 Å². The van der Waals surface area contributed by atoms with Crippen molar-refractivity contribution in [2.24, 2.45) is 0 Å². The van der Waals surface area contributed by atoms with Crippen LogP contribution >= 0.6 is 10.8 Å². The maximum absolute atomic E-state index is 11.2. The van der Waals surface area contributed by atoms with Crippen LogP contribution in [0.1, 0.15) is 5.56 Å². The quantitative estimate of drug-likeness (QED) is 0.530. The Morgan fingerprint density at radius 3 is 2.68 bits per heavy atom. The zero-order valence-electron chi connectivity index (χ0n) is 10.5. The van der Waals surface area contributed by atoms with Gasteiger partial charge in [-0.3, -0.25) is 0 Å². The first-order valence-corrected chi connectivity index (χ1v) is 8.66. The lowest BCUT2D eigenvalue weighted by atomic mass is 10.1. The molecule has 2 N–H and O–H groups in total. The molecule has 1 heterocycles. The molecule has 0 unspecified atom stereocenters. The number of aromatic nitrogens is 2. The van der Waals surface area contributed by atoms with Gasteiger partial charge in [0.15, 0.2) is 0 Å². The number of hydrogen-bond acceptors (Lipinski definition) is 6. The van der Waals surface area contributed by atoms with E-state index in [1.54, 1.807) is 12.1 Å². The lowest BCUT2D eigenvalue weighted by Gasteiger charge is -2.07. The summed E-state index contributed by atoms with van der Waals surface area (Å²) in [7, 11) is -2.61. The Bertz CT molecular complexity index is 715. The fourth-order valence-electron chi connectivity index (χ4n) is 1.56. The summed E-state index contributed by atoms with van der Waals surface area (Å²) in [5.74, 6) is 0. The lowest BCUT2D eigenvalue weighted by molar-refractivity contribution is 0.615. The maximum Gasteiger partial charge on any atom is 0.206 e. The molecule has 0 saturated carbocycles. The van der Waals surface area contributed by atoms with Crippen molar-refractivity contribution in [2.45, 2.75) is 12.1 Å². The molecule has 0 amide bonds. The van der Waals surface area contributed by atoms with Crippen molar-refractivity contribution in [3.8, 4) is 11.3 Å². The number of rotatable bonds is 3. The molecule has 0 radical (unpaired) electrons. The summed E-state index contributed by atoms with van der Waals surface area (Å²) in [6.07, 6.45) is 2.65. The van der Waals surface area contributed by atoms with Gasteiger partial charge in [0.2, 0.25) is 14.0 Å². The van der Waals surface area contributed by atoms with Gasteiger partial charge in [-0.1, -0.05) is 11.6 Å². The van der Waals surface area contributed by atoms with Crippen LogP contribution in [0.15, 0.2) is 35.6 Å². The first-order chi connectivity index (χ1) is 8.85. The smallest absolute Gasteiger partial charge is 0.206 e. The van der Waals surface area contributed by atoms with Gasteiger partial charge in [-0.2, -0.15) is 0 Å². The molecular formula is C12H13N3O2S2. The first-order valence-electron chi connectivity index (χ1n) is 5.44. The largest absolute Gasteiger partial charge is 0.398 e. The fraction of sp³-hybridized carbons (Fsp3) is 0.167. The molecule has 2 aromatic rings. The molecular weight excluding hydrogens is 282 g/mol. The molecule has 100 valence electrons. The monoisotopic (exact) mass is 295 g/mol. The van der Waals surface area contributed by atoms with Gasteiger partial charge in [-0.05, 0) is 25.1 Å². The van der Waals surface area contributed by atoms with E-state index in [9.17, 15) is 8.42 Å². The number of benzene rings is 1. The minimum atomic E-state index is -3.23. The second kappa shape index (κ2) is 5.18. The summed E-state index contributed by atoms with van der Waals surface area (Å²) in [5, 5.41) is 0.195. The summed E-state index contributed by atoms with van der Waals surface area (Å²) in [6.45, 7) is 1.95. The van der Waals surface area contributed by atoms with E-state index < -0.39 is 8.87 Å². The number of anilines is 1. The van der Waals surface area contributed by atoms with Crippen LogP contribution in [0.5, 0.6) is 0 Å². The van der Waals surface area contributed by atoms with Crippen molar-refractivity contribution >= 4 is 25.4 Å². The molecule has 0 fully saturated rings. The molecule has 0 atom stereocenters. The van der Waals surface area contributed by atoms with Crippen LogP contribution in [0.2, 0.25) is 0 Å². The van der Waals surface area contributed by atoms with Crippen LogP contribution in [0, 0.1) is 6.92 Å². The van der Waals surface area contributed by atoms with Crippen LogP contribution < -0.4 is 5.73 Å². The zero-order valence-corrected chi connectivity index (χ0v) is 12.1. The Labute approximate surface area is 115 Å². The summed E-state index contributed by atoms with van der Waals surface area (Å²) in [6, 6.07) is 7.33. The van der Waals surface area contributed by atoms with E-state index >= 15 is 0 Å². The van der Waals surface area contributed by atoms with Gasteiger partial charge in [-0.25, -0.2) is 18.4 Å². The molecule has 5 nitrogen and oxygen atoms in total. The van der Waals surface area contributed by atoms with E-state index in [1.807, 2.05) is 19.1 Å². The number of hydrogen-bond donors (Lipinski definition) is 1. The van der Waals surface area contributed by atoms with Crippen LogP contribution in [0.25, 0.3) is 11.3 Å². The van der Waals surface area contributed by atoms with Crippen LogP contribution in [-0.4, -0.2) is 24.6 Å². The molecule has 19 heavy (non-hydrogen) atoms. The van der Waals surface area contributed by atoms with Crippen molar-refractivity contribution in [1.29, 1.82) is 0 Å². The van der Waals surface area contributed by atoms with Crippen LogP contribution in [0.3, 0.4) is 0 Å². The van der Waals surface area contributed by atoms with Gasteiger partial charge in [0.25, 0.3) is 0 Å². The zero-order chi connectivity index (χ0) is 14.0. The molecule has 0 saturated heterocycles. The van der Waals surface area contributed by atoms with Crippen molar-refractivity contribution in [2.75, 3.05) is 12.0 Å². The van der Waals surface area contributed by atoms with Gasteiger partial charge < -0.3 is 5.73 Å². The summed E-state index contributed by atoms with van der Waals surface area (Å²) >= 11 is 0. The highest BCUT2D eigenvalue weighted by molar-refractivity contribution is 8.71. The first kappa shape index (κ1) is 13.8. The predicted octanol–water partition coefficient (Wildman–Crippen LogP) is 2.09. The highest BCUT2D eigenvalue weighted by Crippen LogP contribution is 2.27. The molecule has 0 aliphatic heterocycles. The van der Waals surface area contributed by atoms with E-state index in [-0.39, 0.29) is 5.16 Å². The van der Waals surface area contributed by atoms with Crippen molar-refractivity contribution < 1.29 is 8.42 Å². The Morgan fingerprint density at radius 1 is 1.26 bits per heavy atom. The predicted molar refractivity (Wildman–Crippen MR) is 77.3 cm³/mol. The fourth-order valence-corrected chi connectivity index (χ4v) is 3.12. The van der Waals surface area contributed by atoms with E-state index in [0.717, 1.165) is 17.4 Å². The number of nitrogens with two attached hydrogens (primary N) is 1. The second-order valence-corrected chi connectivity index (χ2v) is 8.36. The minimum Gasteiger partial charge on any atom is -0.398 e. The van der Waals surface area contributed by atoms with Gasteiger partial charge in [0, 0.05) is 34.5 Å². The molecule has 0 bridgehead atoms. The summed E-state index contributed by atoms with van der Waals surface area (Å²) < 4.78 is 22.5. The lowest BCUT2D eigenvalue weighted by Crippen LogP contribution is -1.97. The highest BCUT2D eigenvalue weighted by Gasteiger charge is 2.11. The van der Waals surface area contributed by atoms with Gasteiger partial charge in [-0.15, -0.1) is 0 Å². The molecule has 1 aromatic carbocycles. The molecule has 0 aliphatic carbocycles. The third kappa shape index (κ3) is 3.68. The Hall–Kier alpha value is -1.60. The Morgan fingerprint density at radius 2 is 2.00 bits per heavy atom. The summed E-state index contributed by atoms with van der Waals surface area (Å²) in [5.41, 5.74) is 8.95. The molecule has 0 aliphatic rings. The van der Waals surface area contributed by atoms with Crippen molar-refractivity contribution in [1.82, 2.24) is 9.97 Å². The van der Waals surface area contributed by atoms with Crippen LogP contribution in [0.4, 0.5) is 5.69 Å². The van der Waals surface area contributed by atoms with E-state index in [1.165, 1.54) is 6.20 Å². The van der Waals surface area contributed by atoms with Crippen molar-refractivity contribution in [3.05, 3.63) is 36.0 Å². The standard InChI is InChI=1S/C12H13N3O2S2/c1-8-3-4-10(13)9(7-8)11-5-6-14-12(15-11)18-19(2,16)17/h3-7H,13H2,1-2H3. The molecule has 2 rings (SSSR count). The maximum atomic E-state index is 11.2. The summed E-state index contributed by atoms with van der Waals surface area (Å²) in [4.78, 5) is 8.16. The van der Waals surface area contributed by atoms with E-state index in [2.05, 4.69) is 9.97 Å². The SMILES string of the molecule is Cc1ccc(N)c(-c2ccnc(SS(C)(=O)=O)n2)c1. The average Bonchev–Trinajstić information content (AvgIpc) is 2.30. The Kier molecular flexibility index (Phi) is 3.77. The van der Waals surface area contributed by atoms with E-state index in [0.29, 0.717) is 22.2 Å². The van der Waals surface area contributed by atoms with Gasteiger partial charge in [0.1, 0.15) is 0 Å². The number of nitrogen functional groups attached to an aromatic ring is 1. The van der Waals surface area contributed by atoms with E-state index in [4.69, 9.17) is 5.73 Å². The third-order valence-electron chi connectivity index (χ3n) is 2.34. The average molecular weight is 295 g/mol. The number of aryl methyl sites for hydroxylation is 1. The minimum absolute atomic E-state index is 0.195. The van der Waals surface area contributed by atoms with Crippen molar-refractivity contribution in [3.63, 3.8) is 0 Å². The normalized spacial score (nSPS) is 11.5. The topological polar surface area (TPSA) is 85.9 Å². The van der Waals surface area contributed by atoms with Gasteiger partial charge >= 0.3 is 0 Å². The third-order valence-corrected chi connectivity index (χ3v) is 4.35. The molecule has 1 aromatic heterocycles. The van der Waals surface area contributed by atoms with Gasteiger partial charge in [0.05, 0.1) is 5.69 Å². The Balaban J connectivity index is 2.46. The number of nitrogens with zero attached hydrogens (tertiary/aromatic N) is 2. The molecule has 0 spiro atoms. The molecule has 7 heteroatoms.